The van der Waals surface area contributed by atoms with E-state index in [1.807, 2.05) is 57.2 Å². The molecule has 138 valence electrons. The van der Waals surface area contributed by atoms with Gasteiger partial charge in [-0.15, -0.1) is 0 Å². The number of pyridine rings is 1. The summed E-state index contributed by atoms with van der Waals surface area (Å²) in [7, 11) is 0. The fourth-order valence-corrected chi connectivity index (χ4v) is 2.93. The number of fused-ring (bicyclic) bond motifs is 1. The minimum Gasteiger partial charge on any atom is -0.491 e. The normalized spacial score (nSPS) is 10.8. The first-order chi connectivity index (χ1) is 12.8. The van der Waals surface area contributed by atoms with Crippen LogP contribution in [-0.2, 0) is 0 Å². The lowest BCUT2D eigenvalue weighted by Gasteiger charge is -2.14. The predicted molar refractivity (Wildman–Crippen MR) is 107 cm³/mol. The van der Waals surface area contributed by atoms with Crippen LogP contribution >= 0.6 is 0 Å². The fraction of sp³-hybridized carbons (Fsp3) is 0.190. The van der Waals surface area contributed by atoms with Crippen molar-refractivity contribution in [3.63, 3.8) is 0 Å². The number of aromatic nitrogens is 1. The summed E-state index contributed by atoms with van der Waals surface area (Å²) in [5.74, 6) is -0.205. The molecular weight excluding hydrogens is 340 g/mol. The SMILES string of the molecule is Cc1ccccc1-c1cc(C(=O)NC(=N)N)c2cc(OC(C)C)ccc2n1. The second-order valence-corrected chi connectivity index (χ2v) is 6.58. The van der Waals surface area contributed by atoms with Crippen LogP contribution in [0.3, 0.4) is 0 Å². The highest BCUT2D eigenvalue weighted by molar-refractivity contribution is 6.12. The van der Waals surface area contributed by atoms with Crippen molar-refractivity contribution in [1.29, 1.82) is 5.41 Å². The molecular formula is C21H22N4O2. The first-order valence-electron chi connectivity index (χ1n) is 8.68. The first kappa shape index (κ1) is 18.4. The van der Waals surface area contributed by atoms with E-state index >= 15 is 0 Å². The fourth-order valence-electron chi connectivity index (χ4n) is 2.93. The zero-order valence-corrected chi connectivity index (χ0v) is 15.5. The summed E-state index contributed by atoms with van der Waals surface area (Å²) in [5, 5.41) is 10.4. The molecule has 0 saturated heterocycles. The molecule has 0 bridgehead atoms. The van der Waals surface area contributed by atoms with E-state index in [0.29, 0.717) is 27.9 Å². The number of nitrogens with zero attached hydrogens (tertiary/aromatic N) is 1. The van der Waals surface area contributed by atoms with Gasteiger partial charge in [-0.1, -0.05) is 24.3 Å². The maximum Gasteiger partial charge on any atom is 0.258 e. The highest BCUT2D eigenvalue weighted by Gasteiger charge is 2.16. The quantitative estimate of drug-likeness (QED) is 0.487. The molecule has 6 nitrogen and oxygen atoms in total. The molecule has 3 rings (SSSR count). The third-order valence-electron chi connectivity index (χ3n) is 4.07. The molecule has 0 aliphatic carbocycles. The minimum atomic E-state index is -0.452. The van der Waals surface area contributed by atoms with Gasteiger partial charge in [-0.2, -0.15) is 0 Å². The Bertz CT molecular complexity index is 1030. The van der Waals surface area contributed by atoms with Crippen molar-refractivity contribution in [3.8, 4) is 17.0 Å². The maximum absolute atomic E-state index is 12.7. The molecule has 0 aliphatic rings. The minimum absolute atomic E-state index is 0.0103. The van der Waals surface area contributed by atoms with Crippen molar-refractivity contribution in [2.75, 3.05) is 0 Å². The van der Waals surface area contributed by atoms with Gasteiger partial charge < -0.3 is 10.5 Å². The number of ether oxygens (including phenoxy) is 1. The predicted octanol–water partition coefficient (Wildman–Crippen LogP) is 3.62. The molecule has 1 aromatic heterocycles. The van der Waals surface area contributed by atoms with E-state index < -0.39 is 11.9 Å². The van der Waals surface area contributed by atoms with E-state index in [2.05, 4.69) is 5.32 Å². The van der Waals surface area contributed by atoms with Crippen molar-refractivity contribution < 1.29 is 9.53 Å². The molecule has 0 saturated carbocycles. The van der Waals surface area contributed by atoms with Crippen LogP contribution in [0.25, 0.3) is 22.2 Å². The van der Waals surface area contributed by atoms with Gasteiger partial charge >= 0.3 is 0 Å². The van der Waals surface area contributed by atoms with E-state index in [9.17, 15) is 4.79 Å². The number of nitrogens with two attached hydrogens (primary N) is 1. The third-order valence-corrected chi connectivity index (χ3v) is 4.07. The van der Waals surface area contributed by atoms with Crippen molar-refractivity contribution in [2.24, 2.45) is 5.73 Å². The molecule has 2 aromatic carbocycles. The number of aryl methyl sites for hydroxylation is 1. The lowest BCUT2D eigenvalue weighted by atomic mass is 10.0. The largest absolute Gasteiger partial charge is 0.491 e. The van der Waals surface area contributed by atoms with E-state index in [-0.39, 0.29) is 6.10 Å². The number of hydrogen-bond donors (Lipinski definition) is 3. The zero-order chi connectivity index (χ0) is 19.6. The van der Waals surface area contributed by atoms with Crippen LogP contribution in [-0.4, -0.2) is 23.0 Å². The molecule has 0 unspecified atom stereocenters. The number of rotatable bonds is 4. The van der Waals surface area contributed by atoms with Gasteiger partial charge in [0.05, 0.1) is 22.9 Å². The number of carbonyl (C=O) groups is 1. The average molecular weight is 362 g/mol. The van der Waals surface area contributed by atoms with Gasteiger partial charge in [0.25, 0.3) is 5.91 Å². The van der Waals surface area contributed by atoms with Crippen LogP contribution in [0.4, 0.5) is 0 Å². The monoisotopic (exact) mass is 362 g/mol. The van der Waals surface area contributed by atoms with E-state index in [1.54, 1.807) is 12.1 Å². The molecule has 1 amide bonds. The van der Waals surface area contributed by atoms with Crippen LogP contribution < -0.4 is 15.8 Å². The number of carbonyl (C=O) groups excluding carboxylic acids is 1. The van der Waals surface area contributed by atoms with Crippen LogP contribution in [0.1, 0.15) is 29.8 Å². The van der Waals surface area contributed by atoms with Crippen molar-refractivity contribution in [2.45, 2.75) is 26.9 Å². The summed E-state index contributed by atoms with van der Waals surface area (Å²) in [6, 6.07) is 15.0. The Balaban J connectivity index is 2.22. The van der Waals surface area contributed by atoms with Crippen LogP contribution in [0.2, 0.25) is 0 Å². The number of guanidine groups is 1. The van der Waals surface area contributed by atoms with Gasteiger partial charge in [0, 0.05) is 10.9 Å². The van der Waals surface area contributed by atoms with E-state index in [1.165, 1.54) is 0 Å². The molecule has 0 fully saturated rings. The Labute approximate surface area is 157 Å². The molecule has 4 N–H and O–H groups in total. The molecule has 1 heterocycles. The second kappa shape index (κ2) is 7.45. The zero-order valence-electron chi connectivity index (χ0n) is 15.5. The second-order valence-electron chi connectivity index (χ2n) is 6.58. The van der Waals surface area contributed by atoms with Crippen molar-refractivity contribution >= 4 is 22.8 Å². The average Bonchev–Trinajstić information content (AvgIpc) is 2.60. The number of nitrogens with one attached hydrogen (secondary N) is 2. The smallest absolute Gasteiger partial charge is 0.258 e. The first-order valence-corrected chi connectivity index (χ1v) is 8.68. The molecule has 3 aromatic rings. The summed E-state index contributed by atoms with van der Waals surface area (Å²) in [5.41, 5.74) is 9.10. The number of amides is 1. The molecule has 0 radical (unpaired) electrons. The summed E-state index contributed by atoms with van der Waals surface area (Å²) in [6.45, 7) is 5.87. The summed E-state index contributed by atoms with van der Waals surface area (Å²) < 4.78 is 5.75. The Kier molecular flexibility index (Phi) is 5.07. The molecule has 0 aliphatic heterocycles. The van der Waals surface area contributed by atoms with Gasteiger partial charge in [-0.25, -0.2) is 4.98 Å². The summed E-state index contributed by atoms with van der Waals surface area (Å²) in [4.78, 5) is 17.4. The van der Waals surface area contributed by atoms with E-state index in [4.69, 9.17) is 20.9 Å². The molecule has 0 atom stereocenters. The molecule has 0 spiro atoms. The van der Waals surface area contributed by atoms with Crippen LogP contribution in [0.5, 0.6) is 5.75 Å². The molecule has 27 heavy (non-hydrogen) atoms. The van der Waals surface area contributed by atoms with Gasteiger partial charge in [0.2, 0.25) is 0 Å². The number of benzene rings is 2. The van der Waals surface area contributed by atoms with E-state index in [0.717, 1.165) is 11.1 Å². The van der Waals surface area contributed by atoms with Crippen molar-refractivity contribution in [1.82, 2.24) is 10.3 Å². The van der Waals surface area contributed by atoms with Crippen LogP contribution in [0.15, 0.2) is 48.5 Å². The van der Waals surface area contributed by atoms with Crippen molar-refractivity contribution in [3.05, 3.63) is 59.7 Å². The van der Waals surface area contributed by atoms with Gasteiger partial charge in [0.15, 0.2) is 5.96 Å². The highest BCUT2D eigenvalue weighted by Crippen LogP contribution is 2.29. The standard InChI is InChI=1S/C21H22N4O2/c1-12(2)27-14-8-9-18-16(10-14)17(20(26)25-21(22)23)11-19(24-18)15-7-5-4-6-13(15)3/h4-12H,1-3H3,(H4,22,23,25,26). The Hall–Kier alpha value is -3.41. The van der Waals surface area contributed by atoms with Gasteiger partial charge in [-0.3, -0.25) is 15.5 Å². The summed E-state index contributed by atoms with van der Waals surface area (Å²) in [6.07, 6.45) is 0.0103. The molecule has 6 heteroatoms. The topological polar surface area (TPSA) is 101 Å². The lowest BCUT2D eigenvalue weighted by molar-refractivity contribution is 0.0978. The third kappa shape index (κ3) is 4.06. The Morgan fingerprint density at radius 1 is 1.19 bits per heavy atom. The Morgan fingerprint density at radius 3 is 2.59 bits per heavy atom. The van der Waals surface area contributed by atoms with Crippen LogP contribution in [0, 0.1) is 12.3 Å². The Morgan fingerprint density at radius 2 is 1.93 bits per heavy atom. The highest BCUT2D eigenvalue weighted by atomic mass is 16.5. The van der Waals surface area contributed by atoms with Gasteiger partial charge in [0.1, 0.15) is 5.75 Å². The maximum atomic E-state index is 12.7. The number of hydrogen-bond acceptors (Lipinski definition) is 4. The lowest BCUT2D eigenvalue weighted by Crippen LogP contribution is -2.35. The van der Waals surface area contributed by atoms with Gasteiger partial charge in [-0.05, 0) is 50.6 Å². The summed E-state index contributed by atoms with van der Waals surface area (Å²) >= 11 is 0.